The van der Waals surface area contributed by atoms with Crippen molar-refractivity contribution in [1.82, 2.24) is 5.32 Å². The van der Waals surface area contributed by atoms with E-state index in [1.54, 1.807) is 0 Å². The van der Waals surface area contributed by atoms with Gasteiger partial charge in [-0.3, -0.25) is 9.59 Å². The first-order valence-corrected chi connectivity index (χ1v) is 5.80. The molecule has 0 aromatic carbocycles. The first-order valence-electron chi connectivity index (χ1n) is 5.80. The van der Waals surface area contributed by atoms with Crippen LogP contribution in [-0.2, 0) is 14.3 Å². The molecule has 1 amide bonds. The molecule has 4 heteroatoms. The normalized spacial score (nSPS) is 24.8. The fraction of sp³-hybridized carbons (Fsp3) is 0.692. The number of nitrogens with one attached hydrogen (secondary N) is 1. The molecule has 2 atom stereocenters. The molecule has 1 rings (SSSR count). The zero-order valence-corrected chi connectivity index (χ0v) is 11.2. The predicted octanol–water partition coefficient (Wildman–Crippen LogP) is 1.51. The minimum atomic E-state index is -0.421. The van der Waals surface area contributed by atoms with E-state index in [2.05, 4.69) is 30.0 Å². The number of allylic oxidation sites excluding steroid dienone is 2. The van der Waals surface area contributed by atoms with Crippen molar-refractivity contribution >= 4 is 11.9 Å². The molecular formula is C13H21NO3. The van der Waals surface area contributed by atoms with Crippen molar-refractivity contribution in [1.29, 1.82) is 0 Å². The Labute approximate surface area is 102 Å². The van der Waals surface area contributed by atoms with Crippen LogP contribution < -0.4 is 5.32 Å². The highest BCUT2D eigenvalue weighted by Gasteiger charge is 2.60. The highest BCUT2D eigenvalue weighted by Crippen LogP contribution is 2.59. The summed E-state index contributed by atoms with van der Waals surface area (Å²) in [5.74, 6) is -0.259. The number of esters is 1. The van der Waals surface area contributed by atoms with E-state index >= 15 is 0 Å². The first-order chi connectivity index (χ1) is 7.80. The Morgan fingerprint density at radius 3 is 2.41 bits per heavy atom. The average molecular weight is 239 g/mol. The molecule has 0 aromatic heterocycles. The molecule has 0 spiro atoms. The van der Waals surface area contributed by atoms with Crippen LogP contribution >= 0.6 is 0 Å². The molecule has 17 heavy (non-hydrogen) atoms. The van der Waals surface area contributed by atoms with Crippen molar-refractivity contribution in [2.45, 2.75) is 27.7 Å². The summed E-state index contributed by atoms with van der Waals surface area (Å²) < 4.78 is 4.48. The lowest BCUT2D eigenvalue weighted by Gasteiger charge is -2.04. The summed E-state index contributed by atoms with van der Waals surface area (Å²) in [5.41, 5.74) is 1.20. The molecule has 0 saturated heterocycles. The molecule has 1 aliphatic carbocycles. The fourth-order valence-corrected chi connectivity index (χ4v) is 2.19. The van der Waals surface area contributed by atoms with Crippen molar-refractivity contribution in [2.75, 3.05) is 13.7 Å². The first kappa shape index (κ1) is 13.7. The van der Waals surface area contributed by atoms with Crippen LogP contribution in [0.2, 0.25) is 0 Å². The second-order valence-electron chi connectivity index (χ2n) is 5.36. The predicted molar refractivity (Wildman–Crippen MR) is 65.2 cm³/mol. The minimum Gasteiger partial charge on any atom is -0.468 e. The van der Waals surface area contributed by atoms with Gasteiger partial charge in [0.15, 0.2) is 0 Å². The van der Waals surface area contributed by atoms with E-state index in [1.807, 2.05) is 13.8 Å². The SMILES string of the molecule is COC(=O)CNC(=O)[C@@H]1[C@H](C=C(C)C)C1(C)C. The van der Waals surface area contributed by atoms with Gasteiger partial charge >= 0.3 is 5.97 Å². The maximum atomic E-state index is 11.9. The number of hydrogen-bond acceptors (Lipinski definition) is 3. The highest BCUT2D eigenvalue weighted by molar-refractivity contribution is 5.86. The number of rotatable bonds is 4. The number of ether oxygens (including phenoxy) is 1. The number of carbonyl (C=O) groups is 2. The number of hydrogen-bond donors (Lipinski definition) is 1. The summed E-state index contributed by atoms with van der Waals surface area (Å²) in [7, 11) is 1.31. The monoisotopic (exact) mass is 239 g/mol. The molecule has 1 fully saturated rings. The lowest BCUT2D eigenvalue weighted by Crippen LogP contribution is -2.32. The summed E-state index contributed by atoms with van der Waals surface area (Å²) in [6.07, 6.45) is 2.13. The quantitative estimate of drug-likeness (QED) is 0.597. The van der Waals surface area contributed by atoms with Crippen molar-refractivity contribution in [3.63, 3.8) is 0 Å². The van der Waals surface area contributed by atoms with Gasteiger partial charge in [-0.25, -0.2) is 0 Å². The van der Waals surface area contributed by atoms with Crippen LogP contribution in [0.3, 0.4) is 0 Å². The van der Waals surface area contributed by atoms with E-state index in [4.69, 9.17) is 0 Å². The van der Waals surface area contributed by atoms with Crippen LogP contribution in [0.25, 0.3) is 0 Å². The molecule has 0 unspecified atom stereocenters. The van der Waals surface area contributed by atoms with E-state index in [0.29, 0.717) is 0 Å². The summed E-state index contributed by atoms with van der Waals surface area (Å²) >= 11 is 0. The van der Waals surface area contributed by atoms with Crippen LogP contribution in [0, 0.1) is 17.3 Å². The maximum absolute atomic E-state index is 11.9. The van der Waals surface area contributed by atoms with Gasteiger partial charge < -0.3 is 10.1 Å². The minimum absolute atomic E-state index is 0.0164. The lowest BCUT2D eigenvalue weighted by molar-refractivity contribution is -0.141. The Bertz CT molecular complexity index is 354. The van der Waals surface area contributed by atoms with Crippen molar-refractivity contribution in [3.8, 4) is 0 Å². The Balaban J connectivity index is 2.54. The van der Waals surface area contributed by atoms with Gasteiger partial charge in [-0.05, 0) is 25.2 Å². The molecule has 0 aliphatic heterocycles. The van der Waals surface area contributed by atoms with E-state index in [-0.39, 0.29) is 29.7 Å². The van der Waals surface area contributed by atoms with Gasteiger partial charge in [-0.2, -0.15) is 0 Å². The fourth-order valence-electron chi connectivity index (χ4n) is 2.19. The Morgan fingerprint density at radius 1 is 1.35 bits per heavy atom. The van der Waals surface area contributed by atoms with Crippen LogP contribution in [0.1, 0.15) is 27.7 Å². The highest BCUT2D eigenvalue weighted by atomic mass is 16.5. The molecule has 0 radical (unpaired) electrons. The average Bonchev–Trinajstić information content (AvgIpc) is 2.75. The molecule has 1 aliphatic rings. The number of methoxy groups -OCH3 is 1. The molecule has 4 nitrogen and oxygen atoms in total. The van der Waals surface area contributed by atoms with E-state index in [1.165, 1.54) is 12.7 Å². The molecule has 0 heterocycles. The summed E-state index contributed by atoms with van der Waals surface area (Å²) in [4.78, 5) is 22.8. The zero-order valence-electron chi connectivity index (χ0n) is 11.2. The Kier molecular flexibility index (Phi) is 3.96. The van der Waals surface area contributed by atoms with Crippen molar-refractivity contribution in [3.05, 3.63) is 11.6 Å². The van der Waals surface area contributed by atoms with Gasteiger partial charge in [0.25, 0.3) is 0 Å². The molecule has 0 bridgehead atoms. The molecule has 1 N–H and O–H groups in total. The number of amides is 1. The number of carbonyl (C=O) groups excluding carboxylic acids is 2. The van der Waals surface area contributed by atoms with E-state index < -0.39 is 5.97 Å². The summed E-state index contributed by atoms with van der Waals surface area (Å²) in [5, 5.41) is 2.61. The van der Waals surface area contributed by atoms with Gasteiger partial charge in [-0.15, -0.1) is 0 Å². The third-order valence-corrected chi connectivity index (χ3v) is 3.34. The van der Waals surface area contributed by atoms with Gasteiger partial charge in [0.05, 0.1) is 13.0 Å². The molecular weight excluding hydrogens is 218 g/mol. The van der Waals surface area contributed by atoms with Gasteiger partial charge in [0.1, 0.15) is 6.54 Å². The topological polar surface area (TPSA) is 55.4 Å². The zero-order chi connectivity index (χ0) is 13.2. The van der Waals surface area contributed by atoms with E-state index in [9.17, 15) is 9.59 Å². The van der Waals surface area contributed by atoms with E-state index in [0.717, 1.165) is 0 Å². The van der Waals surface area contributed by atoms with Gasteiger partial charge in [0.2, 0.25) is 5.91 Å². The Hall–Kier alpha value is -1.32. The summed E-state index contributed by atoms with van der Waals surface area (Å²) in [6, 6.07) is 0. The third-order valence-electron chi connectivity index (χ3n) is 3.34. The van der Waals surface area contributed by atoms with Gasteiger partial charge in [0, 0.05) is 0 Å². The van der Waals surface area contributed by atoms with Gasteiger partial charge in [-0.1, -0.05) is 25.5 Å². The second-order valence-corrected chi connectivity index (χ2v) is 5.36. The molecule has 96 valence electrons. The lowest BCUT2D eigenvalue weighted by atomic mass is 10.1. The van der Waals surface area contributed by atoms with Crippen molar-refractivity contribution < 1.29 is 14.3 Å². The van der Waals surface area contributed by atoms with Crippen molar-refractivity contribution in [2.24, 2.45) is 17.3 Å². The van der Waals surface area contributed by atoms with Crippen LogP contribution in [-0.4, -0.2) is 25.5 Å². The largest absolute Gasteiger partial charge is 0.468 e. The van der Waals surface area contributed by atoms with Crippen LogP contribution in [0.5, 0.6) is 0 Å². The van der Waals surface area contributed by atoms with Crippen LogP contribution in [0.4, 0.5) is 0 Å². The smallest absolute Gasteiger partial charge is 0.325 e. The Morgan fingerprint density at radius 2 is 1.94 bits per heavy atom. The standard InChI is InChI=1S/C13H21NO3/c1-8(2)6-9-11(13(9,3)4)12(16)14-7-10(15)17-5/h6,9,11H,7H2,1-5H3,(H,14,16)/t9-,11-/m0/s1. The molecule has 0 aromatic rings. The van der Waals surface area contributed by atoms with Crippen LogP contribution in [0.15, 0.2) is 11.6 Å². The maximum Gasteiger partial charge on any atom is 0.325 e. The third kappa shape index (κ3) is 3.08. The second kappa shape index (κ2) is 4.90. The summed E-state index contributed by atoms with van der Waals surface area (Å²) in [6.45, 7) is 8.14. The molecule has 1 saturated carbocycles.